The number of benzene rings is 1. The summed E-state index contributed by atoms with van der Waals surface area (Å²) in [6.45, 7) is 0. The molecule has 1 aromatic rings. The van der Waals surface area contributed by atoms with Crippen LogP contribution in [-0.2, 0) is 4.74 Å². The van der Waals surface area contributed by atoms with Gasteiger partial charge in [0.1, 0.15) is 11.9 Å². The lowest BCUT2D eigenvalue weighted by Gasteiger charge is -2.07. The van der Waals surface area contributed by atoms with Crippen LogP contribution in [0.3, 0.4) is 0 Å². The molecule has 0 saturated carbocycles. The zero-order chi connectivity index (χ0) is 12.3. The van der Waals surface area contributed by atoms with Gasteiger partial charge in [-0.15, -0.1) is 0 Å². The van der Waals surface area contributed by atoms with E-state index in [1.165, 1.54) is 6.07 Å². The number of carbonyl (C=O) groups excluding carboxylic acids is 1. The highest BCUT2D eigenvalue weighted by Gasteiger charge is 2.21. The second kappa shape index (κ2) is 4.66. The highest BCUT2D eigenvalue weighted by molar-refractivity contribution is 5.91. The van der Waals surface area contributed by atoms with Crippen LogP contribution in [0.4, 0.5) is 13.2 Å². The van der Waals surface area contributed by atoms with Crippen molar-refractivity contribution in [1.29, 1.82) is 5.26 Å². The van der Waals surface area contributed by atoms with Crippen LogP contribution in [0.15, 0.2) is 12.1 Å². The van der Waals surface area contributed by atoms with Crippen molar-refractivity contribution in [2.75, 3.05) is 7.11 Å². The van der Waals surface area contributed by atoms with Crippen molar-refractivity contribution in [3.63, 3.8) is 0 Å². The predicted molar refractivity (Wildman–Crippen MR) is 47.4 cm³/mol. The first-order valence-electron chi connectivity index (χ1n) is 4.11. The molecule has 0 atom stereocenters. The molecule has 0 N–H and O–H groups in total. The first-order chi connectivity index (χ1) is 7.51. The minimum absolute atomic E-state index is 0.539. The molecule has 1 rings (SSSR count). The number of hydrogen-bond donors (Lipinski definition) is 0. The summed E-state index contributed by atoms with van der Waals surface area (Å²) in [6.07, 6.45) is -2.98. The summed E-state index contributed by atoms with van der Waals surface area (Å²) in [7, 11) is 0.994. The fraction of sp³-hybridized carbons (Fsp3) is 0.200. The van der Waals surface area contributed by atoms with E-state index in [4.69, 9.17) is 5.26 Å². The van der Waals surface area contributed by atoms with Gasteiger partial charge >= 0.3 is 5.97 Å². The molecule has 0 heterocycles. The van der Waals surface area contributed by atoms with Crippen molar-refractivity contribution < 1.29 is 22.7 Å². The number of carbonyl (C=O) groups is 1. The smallest absolute Gasteiger partial charge is 0.338 e. The lowest BCUT2D eigenvalue weighted by atomic mass is 10.0. The molecular formula is C10H6F3NO2. The van der Waals surface area contributed by atoms with Crippen molar-refractivity contribution in [3.05, 3.63) is 34.6 Å². The van der Waals surface area contributed by atoms with Crippen LogP contribution in [0.2, 0.25) is 0 Å². The third-order valence-corrected chi connectivity index (χ3v) is 1.90. The van der Waals surface area contributed by atoms with Gasteiger partial charge in [-0.3, -0.25) is 0 Å². The van der Waals surface area contributed by atoms with Gasteiger partial charge in [0.2, 0.25) is 0 Å². The molecule has 0 aliphatic carbocycles. The normalized spacial score (nSPS) is 10.0. The second-order valence-electron chi connectivity index (χ2n) is 2.82. The van der Waals surface area contributed by atoms with Gasteiger partial charge in [-0.2, -0.15) is 5.26 Å². The van der Waals surface area contributed by atoms with Crippen LogP contribution in [0.25, 0.3) is 0 Å². The minimum atomic E-state index is -2.98. The first kappa shape index (κ1) is 12.0. The van der Waals surface area contributed by atoms with Crippen molar-refractivity contribution in [2.24, 2.45) is 0 Å². The average molecular weight is 229 g/mol. The monoisotopic (exact) mass is 229 g/mol. The van der Waals surface area contributed by atoms with E-state index in [1.807, 2.05) is 0 Å². The number of nitrogens with zero attached hydrogens (tertiary/aromatic N) is 1. The Labute approximate surface area is 89.1 Å². The van der Waals surface area contributed by atoms with Gasteiger partial charge in [0.25, 0.3) is 6.43 Å². The third-order valence-electron chi connectivity index (χ3n) is 1.90. The number of hydrogen-bond acceptors (Lipinski definition) is 3. The van der Waals surface area contributed by atoms with E-state index >= 15 is 0 Å². The van der Waals surface area contributed by atoms with Crippen molar-refractivity contribution in [3.8, 4) is 6.07 Å². The van der Waals surface area contributed by atoms with Crippen LogP contribution in [-0.4, -0.2) is 13.1 Å². The quantitative estimate of drug-likeness (QED) is 0.731. The molecule has 0 saturated heterocycles. The Bertz CT molecular complexity index is 466. The Balaban J connectivity index is 3.43. The van der Waals surface area contributed by atoms with E-state index in [2.05, 4.69) is 4.74 Å². The van der Waals surface area contributed by atoms with Crippen molar-refractivity contribution in [2.45, 2.75) is 6.43 Å². The van der Waals surface area contributed by atoms with Gasteiger partial charge < -0.3 is 4.74 Å². The van der Waals surface area contributed by atoms with Gasteiger partial charge in [0.15, 0.2) is 0 Å². The number of esters is 1. The number of alkyl halides is 2. The topological polar surface area (TPSA) is 50.1 Å². The molecule has 0 unspecified atom stereocenters. The number of rotatable bonds is 2. The average Bonchev–Trinajstić information content (AvgIpc) is 2.27. The molecule has 3 nitrogen and oxygen atoms in total. The predicted octanol–water partition coefficient (Wildman–Crippen LogP) is 2.42. The lowest BCUT2D eigenvalue weighted by molar-refractivity contribution is 0.0588. The lowest BCUT2D eigenvalue weighted by Crippen LogP contribution is -2.08. The first-order valence-corrected chi connectivity index (χ1v) is 4.11. The molecule has 16 heavy (non-hydrogen) atoms. The van der Waals surface area contributed by atoms with E-state index < -0.39 is 34.9 Å². The van der Waals surface area contributed by atoms with E-state index in [1.54, 1.807) is 0 Å². The van der Waals surface area contributed by atoms with Crippen LogP contribution < -0.4 is 0 Å². The van der Waals surface area contributed by atoms with Crippen LogP contribution in [0, 0.1) is 17.1 Å². The van der Waals surface area contributed by atoms with Gasteiger partial charge in [-0.05, 0) is 12.1 Å². The Morgan fingerprint density at radius 2 is 2.12 bits per heavy atom. The molecule has 84 valence electrons. The molecule has 1 aromatic carbocycles. The Morgan fingerprint density at radius 3 is 2.56 bits per heavy atom. The van der Waals surface area contributed by atoms with Crippen molar-refractivity contribution >= 4 is 5.97 Å². The molecule has 0 spiro atoms. The van der Waals surface area contributed by atoms with Gasteiger partial charge in [-0.1, -0.05) is 0 Å². The summed E-state index contributed by atoms with van der Waals surface area (Å²) in [5, 5.41) is 8.46. The summed E-state index contributed by atoms with van der Waals surface area (Å²) in [6, 6.07) is 2.63. The number of methoxy groups -OCH3 is 1. The number of nitriles is 1. The number of halogens is 3. The van der Waals surface area contributed by atoms with Crippen LogP contribution in [0.1, 0.15) is 27.9 Å². The SMILES string of the molecule is COC(=O)c1cc(F)c(C#N)cc1C(F)F. The molecule has 0 bridgehead atoms. The zero-order valence-electron chi connectivity index (χ0n) is 8.13. The molecular weight excluding hydrogens is 223 g/mol. The highest BCUT2D eigenvalue weighted by Crippen LogP contribution is 2.26. The molecule has 6 heteroatoms. The number of ether oxygens (including phenoxy) is 1. The Kier molecular flexibility index (Phi) is 3.51. The molecule has 0 fully saturated rings. The third kappa shape index (κ3) is 2.14. The van der Waals surface area contributed by atoms with E-state index in [9.17, 15) is 18.0 Å². The van der Waals surface area contributed by atoms with E-state index in [-0.39, 0.29) is 0 Å². The largest absolute Gasteiger partial charge is 0.465 e. The van der Waals surface area contributed by atoms with Crippen molar-refractivity contribution in [1.82, 2.24) is 0 Å². The summed E-state index contributed by atoms with van der Waals surface area (Å²) in [4.78, 5) is 11.1. The maximum absolute atomic E-state index is 13.1. The van der Waals surface area contributed by atoms with Crippen LogP contribution >= 0.6 is 0 Å². The zero-order valence-corrected chi connectivity index (χ0v) is 8.13. The Hall–Kier alpha value is -2.03. The fourth-order valence-corrected chi connectivity index (χ4v) is 1.14. The molecule has 0 amide bonds. The molecule has 0 aromatic heterocycles. The molecule has 0 aliphatic rings. The Morgan fingerprint density at radius 1 is 1.50 bits per heavy atom. The van der Waals surface area contributed by atoms with Gasteiger partial charge in [-0.25, -0.2) is 18.0 Å². The van der Waals surface area contributed by atoms with Gasteiger partial charge in [0, 0.05) is 5.56 Å². The summed E-state index contributed by atoms with van der Waals surface area (Å²) >= 11 is 0. The minimum Gasteiger partial charge on any atom is -0.465 e. The summed E-state index contributed by atoms with van der Waals surface area (Å²) in [5.74, 6) is -2.11. The molecule has 0 aliphatic heterocycles. The standard InChI is InChI=1S/C10H6F3NO2/c1-16-10(15)7-3-8(11)5(4-14)2-6(7)9(12)13/h2-3,9H,1H3. The summed E-state index contributed by atoms with van der Waals surface area (Å²) in [5.41, 5.74) is -1.83. The maximum Gasteiger partial charge on any atom is 0.338 e. The second-order valence-corrected chi connectivity index (χ2v) is 2.82. The van der Waals surface area contributed by atoms with Crippen LogP contribution in [0.5, 0.6) is 0 Å². The maximum atomic E-state index is 13.1. The fourth-order valence-electron chi connectivity index (χ4n) is 1.14. The van der Waals surface area contributed by atoms with E-state index in [0.717, 1.165) is 7.11 Å². The molecule has 0 radical (unpaired) electrons. The van der Waals surface area contributed by atoms with Gasteiger partial charge in [0.05, 0.1) is 18.2 Å². The highest BCUT2D eigenvalue weighted by atomic mass is 19.3. The van der Waals surface area contributed by atoms with E-state index in [0.29, 0.717) is 12.1 Å². The summed E-state index contributed by atoms with van der Waals surface area (Å²) < 4.78 is 42.4.